The van der Waals surface area contributed by atoms with Gasteiger partial charge in [-0.2, -0.15) is 0 Å². The second-order valence-corrected chi connectivity index (χ2v) is 4.73. The third-order valence-corrected chi connectivity index (χ3v) is 2.88. The average Bonchev–Trinajstić information content (AvgIpc) is 2.22. The van der Waals surface area contributed by atoms with Crippen LogP contribution in [0.25, 0.3) is 0 Å². The first-order valence-corrected chi connectivity index (χ1v) is 5.28. The van der Waals surface area contributed by atoms with Crippen LogP contribution in [0.2, 0.25) is 0 Å². The number of hydrogen-bond donors (Lipinski definition) is 2. The van der Waals surface area contributed by atoms with E-state index in [9.17, 15) is 10.2 Å². The quantitative estimate of drug-likeness (QED) is 0.792. The Morgan fingerprint density at radius 2 is 1.73 bits per heavy atom. The van der Waals surface area contributed by atoms with E-state index in [1.807, 2.05) is 6.92 Å². The SMILES string of the molecule is Cc1ccc(CC(C)(CO)CO)c(C)c1. The van der Waals surface area contributed by atoms with Gasteiger partial charge in [0.2, 0.25) is 0 Å². The van der Waals surface area contributed by atoms with Crippen LogP contribution in [0.3, 0.4) is 0 Å². The van der Waals surface area contributed by atoms with Crippen molar-refractivity contribution in [3.63, 3.8) is 0 Å². The first kappa shape index (κ1) is 12.2. The third-order valence-electron chi connectivity index (χ3n) is 2.88. The molecule has 2 N–H and O–H groups in total. The van der Waals surface area contributed by atoms with Crippen molar-refractivity contribution in [2.24, 2.45) is 5.41 Å². The van der Waals surface area contributed by atoms with Crippen LogP contribution in [-0.2, 0) is 6.42 Å². The second kappa shape index (κ2) is 4.77. The van der Waals surface area contributed by atoms with Gasteiger partial charge in [-0.1, -0.05) is 30.7 Å². The normalized spacial score (nSPS) is 11.8. The number of aryl methyl sites for hydroxylation is 2. The Balaban J connectivity index is 2.89. The van der Waals surface area contributed by atoms with Crippen LogP contribution in [0.1, 0.15) is 23.6 Å². The smallest absolute Gasteiger partial charge is 0.0509 e. The van der Waals surface area contributed by atoms with Crippen molar-refractivity contribution < 1.29 is 10.2 Å². The predicted molar refractivity (Wildman–Crippen MR) is 61.9 cm³/mol. The van der Waals surface area contributed by atoms with Gasteiger partial charge in [0, 0.05) is 5.41 Å². The molecule has 0 unspecified atom stereocenters. The van der Waals surface area contributed by atoms with Crippen molar-refractivity contribution in [1.82, 2.24) is 0 Å². The largest absolute Gasteiger partial charge is 0.396 e. The molecule has 0 aromatic heterocycles. The van der Waals surface area contributed by atoms with Crippen LogP contribution in [0.4, 0.5) is 0 Å². The van der Waals surface area contributed by atoms with Crippen molar-refractivity contribution in [2.75, 3.05) is 13.2 Å². The second-order valence-electron chi connectivity index (χ2n) is 4.73. The maximum Gasteiger partial charge on any atom is 0.0509 e. The zero-order valence-electron chi connectivity index (χ0n) is 9.75. The predicted octanol–water partition coefficient (Wildman–Crippen LogP) is 1.84. The zero-order valence-corrected chi connectivity index (χ0v) is 9.75. The Bertz CT molecular complexity index is 327. The summed E-state index contributed by atoms with van der Waals surface area (Å²) in [6, 6.07) is 6.27. The summed E-state index contributed by atoms with van der Waals surface area (Å²) < 4.78 is 0. The molecule has 0 fully saturated rings. The highest BCUT2D eigenvalue weighted by Crippen LogP contribution is 2.23. The van der Waals surface area contributed by atoms with Gasteiger partial charge in [0.05, 0.1) is 13.2 Å². The minimum Gasteiger partial charge on any atom is -0.396 e. The minimum atomic E-state index is -0.417. The molecule has 1 aromatic rings. The molecule has 0 saturated carbocycles. The molecule has 0 aliphatic heterocycles. The first-order chi connectivity index (χ1) is 7.00. The Kier molecular flexibility index (Phi) is 3.89. The summed E-state index contributed by atoms with van der Waals surface area (Å²) in [5, 5.41) is 18.5. The molecule has 0 atom stereocenters. The van der Waals surface area contributed by atoms with E-state index < -0.39 is 5.41 Å². The Labute approximate surface area is 91.6 Å². The lowest BCUT2D eigenvalue weighted by molar-refractivity contribution is 0.0703. The van der Waals surface area contributed by atoms with Crippen molar-refractivity contribution >= 4 is 0 Å². The summed E-state index contributed by atoms with van der Waals surface area (Å²) in [7, 11) is 0. The molecule has 0 spiro atoms. The molecule has 2 heteroatoms. The van der Waals surface area contributed by atoms with Crippen molar-refractivity contribution in [2.45, 2.75) is 27.2 Å². The molecule has 0 bridgehead atoms. The molecule has 15 heavy (non-hydrogen) atoms. The van der Waals surface area contributed by atoms with E-state index in [0.29, 0.717) is 6.42 Å². The van der Waals surface area contributed by atoms with Gasteiger partial charge in [0.15, 0.2) is 0 Å². The molecule has 0 heterocycles. The third kappa shape index (κ3) is 3.05. The van der Waals surface area contributed by atoms with E-state index in [4.69, 9.17) is 0 Å². The lowest BCUT2D eigenvalue weighted by atomic mass is 9.84. The van der Waals surface area contributed by atoms with Crippen molar-refractivity contribution in [1.29, 1.82) is 0 Å². The number of hydrogen-bond acceptors (Lipinski definition) is 2. The van der Waals surface area contributed by atoms with Gasteiger partial charge in [-0.25, -0.2) is 0 Å². The maximum absolute atomic E-state index is 9.23. The van der Waals surface area contributed by atoms with Gasteiger partial charge < -0.3 is 10.2 Å². The molecule has 84 valence electrons. The number of benzene rings is 1. The van der Waals surface area contributed by atoms with Crippen LogP contribution in [0.5, 0.6) is 0 Å². The fourth-order valence-corrected chi connectivity index (χ4v) is 1.67. The Hall–Kier alpha value is -0.860. The summed E-state index contributed by atoms with van der Waals surface area (Å²) in [5.74, 6) is 0. The van der Waals surface area contributed by atoms with Crippen LogP contribution in [0.15, 0.2) is 18.2 Å². The van der Waals surface area contributed by atoms with Crippen LogP contribution in [-0.4, -0.2) is 23.4 Å². The molecular weight excluding hydrogens is 188 g/mol. The molecule has 0 saturated heterocycles. The zero-order chi connectivity index (χ0) is 11.5. The number of rotatable bonds is 4. The summed E-state index contributed by atoms with van der Waals surface area (Å²) in [5.41, 5.74) is 3.25. The van der Waals surface area contributed by atoms with Gasteiger partial charge >= 0.3 is 0 Å². The highest BCUT2D eigenvalue weighted by Gasteiger charge is 2.23. The molecule has 1 rings (SSSR count). The number of aliphatic hydroxyl groups is 2. The minimum absolute atomic E-state index is 0.0107. The Morgan fingerprint density at radius 3 is 2.20 bits per heavy atom. The fraction of sp³-hybridized carbons (Fsp3) is 0.538. The average molecular weight is 208 g/mol. The van der Waals surface area contributed by atoms with E-state index in [1.165, 1.54) is 16.7 Å². The summed E-state index contributed by atoms with van der Waals surface area (Å²) in [4.78, 5) is 0. The Morgan fingerprint density at radius 1 is 1.13 bits per heavy atom. The summed E-state index contributed by atoms with van der Waals surface area (Å²) >= 11 is 0. The van der Waals surface area contributed by atoms with Gasteiger partial charge in [-0.3, -0.25) is 0 Å². The van der Waals surface area contributed by atoms with E-state index in [1.54, 1.807) is 0 Å². The maximum atomic E-state index is 9.23. The van der Waals surface area contributed by atoms with Crippen LogP contribution >= 0.6 is 0 Å². The van der Waals surface area contributed by atoms with Crippen molar-refractivity contribution in [3.05, 3.63) is 34.9 Å². The van der Waals surface area contributed by atoms with E-state index in [0.717, 1.165) is 0 Å². The highest BCUT2D eigenvalue weighted by molar-refractivity contribution is 5.31. The van der Waals surface area contributed by atoms with Gasteiger partial charge in [0.25, 0.3) is 0 Å². The summed E-state index contributed by atoms with van der Waals surface area (Å²) in [6.07, 6.45) is 0.714. The molecule has 0 radical (unpaired) electrons. The topological polar surface area (TPSA) is 40.5 Å². The molecular formula is C13H20O2. The van der Waals surface area contributed by atoms with E-state index in [2.05, 4.69) is 32.0 Å². The first-order valence-electron chi connectivity index (χ1n) is 5.28. The molecule has 2 nitrogen and oxygen atoms in total. The van der Waals surface area contributed by atoms with Gasteiger partial charge in [0.1, 0.15) is 0 Å². The molecule has 1 aromatic carbocycles. The number of aliphatic hydroxyl groups excluding tert-OH is 2. The molecule has 0 aliphatic carbocycles. The molecule has 0 aliphatic rings. The lowest BCUT2D eigenvalue weighted by Crippen LogP contribution is -2.28. The van der Waals surface area contributed by atoms with Gasteiger partial charge in [-0.15, -0.1) is 0 Å². The highest BCUT2D eigenvalue weighted by atomic mass is 16.3. The van der Waals surface area contributed by atoms with Crippen LogP contribution < -0.4 is 0 Å². The fourth-order valence-electron chi connectivity index (χ4n) is 1.67. The van der Waals surface area contributed by atoms with Gasteiger partial charge in [-0.05, 0) is 31.4 Å². The lowest BCUT2D eigenvalue weighted by Gasteiger charge is -2.25. The van der Waals surface area contributed by atoms with Crippen LogP contribution in [0, 0.1) is 19.3 Å². The molecule has 0 amide bonds. The van der Waals surface area contributed by atoms with E-state index in [-0.39, 0.29) is 13.2 Å². The van der Waals surface area contributed by atoms with E-state index >= 15 is 0 Å². The standard InChI is InChI=1S/C13H20O2/c1-10-4-5-12(11(2)6-10)7-13(3,8-14)9-15/h4-6,14-15H,7-9H2,1-3H3. The monoisotopic (exact) mass is 208 g/mol. The van der Waals surface area contributed by atoms with Crippen molar-refractivity contribution in [3.8, 4) is 0 Å². The summed E-state index contributed by atoms with van der Waals surface area (Å²) in [6.45, 7) is 6.05.